The maximum atomic E-state index is 6.06. The molecule has 1 aliphatic carbocycles. The Hall–Kier alpha value is -0.243. The molecule has 0 spiro atoms. The van der Waals surface area contributed by atoms with E-state index in [0.717, 1.165) is 12.3 Å². The molecule has 0 fully saturated rings. The highest BCUT2D eigenvalue weighted by Gasteiger charge is 2.30. The molecule has 2 heteroatoms. The van der Waals surface area contributed by atoms with Crippen LogP contribution in [-0.2, 0) is 4.43 Å². The maximum absolute atomic E-state index is 6.06. The largest absolute Gasteiger partial charge is 0.548 e. The third-order valence-corrected chi connectivity index (χ3v) is 3.94. The first-order chi connectivity index (χ1) is 6.21. The van der Waals surface area contributed by atoms with Crippen molar-refractivity contribution in [2.24, 2.45) is 11.3 Å². The van der Waals surface area contributed by atoms with E-state index in [9.17, 15) is 0 Å². The molecule has 0 saturated carbocycles. The predicted molar refractivity (Wildman–Crippen MR) is 64.7 cm³/mol. The van der Waals surface area contributed by atoms with Gasteiger partial charge in [0.15, 0.2) is 0 Å². The Labute approximate surface area is 89.7 Å². The van der Waals surface area contributed by atoms with Crippen molar-refractivity contribution >= 4 is 8.32 Å². The molecule has 1 rings (SSSR count). The summed E-state index contributed by atoms with van der Waals surface area (Å²) in [5.74, 6) is 2.02. The molecule has 0 aliphatic heterocycles. The summed E-state index contributed by atoms with van der Waals surface area (Å²) in [5.41, 5.74) is 0.313. The molecular weight excluding hydrogens is 188 g/mol. The molecule has 1 aliphatic rings. The Balaban J connectivity index is 2.73. The van der Waals surface area contributed by atoms with Gasteiger partial charge in [-0.1, -0.05) is 20.8 Å². The molecule has 1 atom stereocenters. The summed E-state index contributed by atoms with van der Waals surface area (Å²) < 4.78 is 6.06. The fourth-order valence-corrected chi connectivity index (χ4v) is 2.78. The normalized spacial score (nSPS) is 27.0. The van der Waals surface area contributed by atoms with Gasteiger partial charge in [0.05, 0.1) is 5.76 Å². The highest BCUT2D eigenvalue weighted by Crippen LogP contribution is 2.39. The standard InChI is InChI=1S/C12H24OSi/c1-10-7-8-11(9-12(10,2)3)13-14(4,5)6/h9-10H,7-8H2,1-6H3. The summed E-state index contributed by atoms with van der Waals surface area (Å²) in [7, 11) is -1.40. The van der Waals surface area contributed by atoms with Crippen LogP contribution >= 0.6 is 0 Å². The molecule has 0 saturated heterocycles. The van der Waals surface area contributed by atoms with Gasteiger partial charge in [-0.3, -0.25) is 0 Å². The molecule has 0 N–H and O–H groups in total. The van der Waals surface area contributed by atoms with E-state index in [2.05, 4.69) is 46.5 Å². The van der Waals surface area contributed by atoms with Gasteiger partial charge in [-0.2, -0.15) is 0 Å². The highest BCUT2D eigenvalue weighted by atomic mass is 28.4. The van der Waals surface area contributed by atoms with E-state index < -0.39 is 8.32 Å². The summed E-state index contributed by atoms with van der Waals surface area (Å²) in [5, 5.41) is 0. The molecule has 1 unspecified atom stereocenters. The summed E-state index contributed by atoms with van der Waals surface area (Å²) in [6, 6.07) is 0. The van der Waals surface area contributed by atoms with Crippen LogP contribution in [0, 0.1) is 11.3 Å². The third kappa shape index (κ3) is 3.16. The van der Waals surface area contributed by atoms with E-state index in [1.54, 1.807) is 0 Å². The van der Waals surface area contributed by atoms with E-state index in [4.69, 9.17) is 4.43 Å². The van der Waals surface area contributed by atoms with Crippen molar-refractivity contribution in [1.82, 2.24) is 0 Å². The molecule has 0 aromatic heterocycles. The van der Waals surface area contributed by atoms with Gasteiger partial charge >= 0.3 is 0 Å². The second-order valence-corrected chi connectivity index (χ2v) is 10.5. The van der Waals surface area contributed by atoms with E-state index in [1.807, 2.05) is 0 Å². The smallest absolute Gasteiger partial charge is 0.241 e. The lowest BCUT2D eigenvalue weighted by molar-refractivity contribution is 0.235. The Morgan fingerprint density at radius 3 is 2.36 bits per heavy atom. The van der Waals surface area contributed by atoms with Crippen molar-refractivity contribution in [2.75, 3.05) is 0 Å². The number of hydrogen-bond donors (Lipinski definition) is 0. The minimum atomic E-state index is -1.40. The van der Waals surface area contributed by atoms with Crippen molar-refractivity contribution in [2.45, 2.75) is 53.3 Å². The van der Waals surface area contributed by atoms with E-state index >= 15 is 0 Å². The molecule has 0 aromatic carbocycles. The van der Waals surface area contributed by atoms with Crippen LogP contribution in [0.15, 0.2) is 11.8 Å². The minimum absolute atomic E-state index is 0.313. The van der Waals surface area contributed by atoms with Crippen LogP contribution in [0.3, 0.4) is 0 Å². The van der Waals surface area contributed by atoms with Gasteiger partial charge in [0, 0.05) is 6.42 Å². The lowest BCUT2D eigenvalue weighted by Gasteiger charge is -2.36. The van der Waals surface area contributed by atoms with Gasteiger partial charge in [0.1, 0.15) is 0 Å². The number of hydrogen-bond acceptors (Lipinski definition) is 1. The van der Waals surface area contributed by atoms with Gasteiger partial charge in [0.25, 0.3) is 0 Å². The first kappa shape index (κ1) is 11.8. The topological polar surface area (TPSA) is 9.23 Å². The summed E-state index contributed by atoms with van der Waals surface area (Å²) in [6.45, 7) is 13.7. The van der Waals surface area contributed by atoms with Crippen LogP contribution < -0.4 is 0 Å². The quantitative estimate of drug-likeness (QED) is 0.624. The van der Waals surface area contributed by atoms with Crippen molar-refractivity contribution in [3.63, 3.8) is 0 Å². The van der Waals surface area contributed by atoms with Crippen LogP contribution in [0.25, 0.3) is 0 Å². The van der Waals surface area contributed by atoms with Crippen LogP contribution in [0.5, 0.6) is 0 Å². The summed E-state index contributed by atoms with van der Waals surface area (Å²) in [4.78, 5) is 0. The van der Waals surface area contributed by atoms with Gasteiger partial charge in [-0.15, -0.1) is 0 Å². The summed E-state index contributed by atoms with van der Waals surface area (Å²) in [6.07, 6.45) is 4.75. The Kier molecular flexibility index (Phi) is 3.15. The molecule has 0 bridgehead atoms. The second-order valence-electron chi connectivity index (χ2n) is 6.09. The lowest BCUT2D eigenvalue weighted by atomic mass is 9.74. The molecule has 0 radical (unpaired) electrons. The van der Waals surface area contributed by atoms with Gasteiger partial charge in [0.2, 0.25) is 8.32 Å². The maximum Gasteiger partial charge on any atom is 0.241 e. The summed E-state index contributed by atoms with van der Waals surface area (Å²) >= 11 is 0. The van der Waals surface area contributed by atoms with E-state index in [0.29, 0.717) is 5.41 Å². The van der Waals surface area contributed by atoms with Crippen molar-refractivity contribution in [3.8, 4) is 0 Å². The average Bonchev–Trinajstić information content (AvgIpc) is 1.93. The second kappa shape index (κ2) is 3.73. The average molecular weight is 212 g/mol. The SMILES string of the molecule is CC1CCC(O[Si](C)(C)C)=CC1(C)C. The first-order valence-electron chi connectivity index (χ1n) is 5.61. The fourth-order valence-electron chi connectivity index (χ4n) is 1.83. The van der Waals surface area contributed by atoms with Crippen LogP contribution in [0.4, 0.5) is 0 Å². The van der Waals surface area contributed by atoms with E-state index in [-0.39, 0.29) is 0 Å². The van der Waals surface area contributed by atoms with Crippen LogP contribution in [-0.4, -0.2) is 8.32 Å². The monoisotopic (exact) mass is 212 g/mol. The zero-order chi connectivity index (χ0) is 11.0. The molecule has 0 heterocycles. The minimum Gasteiger partial charge on any atom is -0.548 e. The number of allylic oxidation sites excluding steroid dienone is 2. The lowest BCUT2D eigenvalue weighted by Crippen LogP contribution is -2.29. The molecule has 82 valence electrons. The Bertz CT molecular complexity index is 235. The van der Waals surface area contributed by atoms with Crippen LogP contribution in [0.2, 0.25) is 19.6 Å². The van der Waals surface area contributed by atoms with Crippen molar-refractivity contribution < 1.29 is 4.43 Å². The molecule has 14 heavy (non-hydrogen) atoms. The first-order valence-corrected chi connectivity index (χ1v) is 9.02. The van der Waals surface area contributed by atoms with Crippen molar-refractivity contribution in [1.29, 1.82) is 0 Å². The third-order valence-electron chi connectivity index (χ3n) is 3.06. The van der Waals surface area contributed by atoms with Gasteiger partial charge < -0.3 is 4.43 Å². The van der Waals surface area contributed by atoms with E-state index in [1.165, 1.54) is 12.2 Å². The van der Waals surface area contributed by atoms with Crippen LogP contribution in [0.1, 0.15) is 33.6 Å². The molecule has 0 amide bonds. The fraction of sp³-hybridized carbons (Fsp3) is 0.833. The predicted octanol–water partition coefficient (Wildman–Crippen LogP) is 4.18. The highest BCUT2D eigenvalue weighted by molar-refractivity contribution is 6.70. The molecule has 1 nitrogen and oxygen atoms in total. The molecule has 0 aromatic rings. The molecular formula is C12H24OSi. The Morgan fingerprint density at radius 2 is 1.93 bits per heavy atom. The zero-order valence-corrected chi connectivity index (χ0v) is 11.5. The van der Waals surface area contributed by atoms with Gasteiger partial charge in [-0.25, -0.2) is 0 Å². The number of rotatable bonds is 2. The Morgan fingerprint density at radius 1 is 1.36 bits per heavy atom. The van der Waals surface area contributed by atoms with Gasteiger partial charge in [-0.05, 0) is 43.5 Å². The van der Waals surface area contributed by atoms with Crippen molar-refractivity contribution in [3.05, 3.63) is 11.8 Å². The zero-order valence-electron chi connectivity index (χ0n) is 10.5.